The number of aliphatic imine (C=N–C) groups is 1. The average molecular weight is 308 g/mol. The van der Waals surface area contributed by atoms with Crippen molar-refractivity contribution in [2.24, 2.45) is 12.0 Å². The Hall–Kier alpha value is -2.31. The topological polar surface area (TPSA) is 42.2 Å². The van der Waals surface area contributed by atoms with Crippen LogP contribution in [0, 0.1) is 6.92 Å². The minimum absolute atomic E-state index is 0.455. The Kier molecular flexibility index (Phi) is 3.42. The van der Waals surface area contributed by atoms with Gasteiger partial charge in [-0.1, -0.05) is 12.1 Å². The molecule has 3 rings (SSSR count). The van der Waals surface area contributed by atoms with Crippen molar-refractivity contribution < 1.29 is 13.2 Å². The van der Waals surface area contributed by atoms with E-state index in [9.17, 15) is 13.2 Å². The van der Waals surface area contributed by atoms with Crippen molar-refractivity contribution in [2.45, 2.75) is 13.1 Å². The van der Waals surface area contributed by atoms with Crippen LogP contribution in [-0.4, -0.2) is 28.6 Å². The van der Waals surface area contributed by atoms with Crippen LogP contribution in [0.25, 0.3) is 0 Å². The molecular weight excluding hydrogens is 293 g/mol. The Labute approximate surface area is 125 Å². The highest BCUT2D eigenvalue weighted by Gasteiger charge is 2.31. The van der Waals surface area contributed by atoms with E-state index < -0.39 is 11.7 Å². The lowest BCUT2D eigenvalue weighted by Crippen LogP contribution is -2.10. The number of fused-ring (bicyclic) bond motifs is 1. The van der Waals surface area contributed by atoms with Crippen molar-refractivity contribution in [3.8, 4) is 0 Å². The van der Waals surface area contributed by atoms with Crippen molar-refractivity contribution in [2.75, 3.05) is 18.4 Å². The van der Waals surface area contributed by atoms with Gasteiger partial charge in [0.25, 0.3) is 0 Å². The van der Waals surface area contributed by atoms with Gasteiger partial charge in [0.1, 0.15) is 5.82 Å². The lowest BCUT2D eigenvalue weighted by Gasteiger charge is -2.11. The predicted molar refractivity (Wildman–Crippen MR) is 78.4 cm³/mol. The molecule has 116 valence electrons. The number of hydrogen-bond donors (Lipinski definition) is 1. The summed E-state index contributed by atoms with van der Waals surface area (Å²) in [5.41, 5.74) is 1.84. The standard InChI is InChI=1S/C15H15F3N4/c1-9-12-13(19-6-7-20-14(12)22(2)21-9)10-4-3-5-11(8-10)15(16,17)18/h3-5,8,20H,6-7H2,1-2H3. The lowest BCUT2D eigenvalue weighted by molar-refractivity contribution is -0.137. The van der Waals surface area contributed by atoms with Crippen LogP contribution < -0.4 is 5.32 Å². The Morgan fingerprint density at radius 1 is 1.27 bits per heavy atom. The highest BCUT2D eigenvalue weighted by atomic mass is 19.4. The molecule has 1 N–H and O–H groups in total. The summed E-state index contributed by atoms with van der Waals surface area (Å²) in [7, 11) is 1.80. The van der Waals surface area contributed by atoms with Crippen LogP contribution in [0.4, 0.5) is 19.0 Å². The zero-order valence-electron chi connectivity index (χ0n) is 12.2. The quantitative estimate of drug-likeness (QED) is 0.880. The Morgan fingerprint density at radius 3 is 2.77 bits per heavy atom. The van der Waals surface area contributed by atoms with Gasteiger partial charge in [-0.05, 0) is 19.1 Å². The first-order chi connectivity index (χ1) is 10.4. The number of aromatic nitrogens is 2. The normalized spacial score (nSPS) is 14.9. The van der Waals surface area contributed by atoms with Gasteiger partial charge in [-0.3, -0.25) is 9.67 Å². The summed E-state index contributed by atoms with van der Waals surface area (Å²) in [4.78, 5) is 4.47. The molecule has 0 aliphatic carbocycles. The highest BCUT2D eigenvalue weighted by molar-refractivity contribution is 6.16. The Morgan fingerprint density at radius 2 is 2.05 bits per heavy atom. The van der Waals surface area contributed by atoms with Crippen LogP contribution in [0.2, 0.25) is 0 Å². The SMILES string of the molecule is Cc1nn(C)c2c1C(c1cccc(C(F)(F)F)c1)=NCCN2. The predicted octanol–water partition coefficient (Wildman–Crippen LogP) is 3.01. The molecule has 4 nitrogen and oxygen atoms in total. The minimum atomic E-state index is -4.37. The second kappa shape index (κ2) is 5.15. The maximum Gasteiger partial charge on any atom is 0.416 e. The molecule has 0 atom stereocenters. The third-order valence-electron chi connectivity index (χ3n) is 3.60. The molecule has 0 spiro atoms. The van der Waals surface area contributed by atoms with Crippen LogP contribution in [0.5, 0.6) is 0 Å². The second-order valence-electron chi connectivity index (χ2n) is 5.17. The molecule has 0 saturated heterocycles. The van der Waals surface area contributed by atoms with E-state index in [0.29, 0.717) is 24.4 Å². The lowest BCUT2D eigenvalue weighted by atomic mass is 10.00. The molecule has 1 aliphatic rings. The molecule has 1 aromatic carbocycles. The third kappa shape index (κ3) is 2.47. The molecule has 1 aromatic heterocycles. The van der Waals surface area contributed by atoms with Gasteiger partial charge in [-0.2, -0.15) is 18.3 Å². The Balaban J connectivity index is 2.15. The molecule has 0 amide bonds. The van der Waals surface area contributed by atoms with E-state index in [-0.39, 0.29) is 0 Å². The van der Waals surface area contributed by atoms with E-state index >= 15 is 0 Å². The first kappa shape index (κ1) is 14.6. The first-order valence-electron chi connectivity index (χ1n) is 6.88. The summed E-state index contributed by atoms with van der Waals surface area (Å²) in [6, 6.07) is 5.26. The molecule has 0 radical (unpaired) electrons. The zero-order valence-corrected chi connectivity index (χ0v) is 12.2. The Bertz CT molecular complexity index is 744. The zero-order chi connectivity index (χ0) is 15.9. The maximum absolute atomic E-state index is 12.9. The number of benzene rings is 1. The molecule has 1 aliphatic heterocycles. The van der Waals surface area contributed by atoms with Crippen LogP contribution in [0.3, 0.4) is 0 Å². The number of aryl methyl sites for hydroxylation is 2. The fraction of sp³-hybridized carbons (Fsp3) is 0.333. The van der Waals surface area contributed by atoms with Gasteiger partial charge in [0.15, 0.2) is 0 Å². The van der Waals surface area contributed by atoms with Gasteiger partial charge in [-0.25, -0.2) is 0 Å². The molecule has 2 heterocycles. The monoisotopic (exact) mass is 308 g/mol. The smallest absolute Gasteiger partial charge is 0.368 e. The second-order valence-corrected chi connectivity index (χ2v) is 5.17. The van der Waals surface area contributed by atoms with Gasteiger partial charge >= 0.3 is 6.18 Å². The van der Waals surface area contributed by atoms with Crippen molar-refractivity contribution in [1.82, 2.24) is 9.78 Å². The number of halogens is 3. The molecule has 2 aromatic rings. The molecule has 0 bridgehead atoms. The van der Waals surface area contributed by atoms with E-state index in [1.807, 2.05) is 6.92 Å². The van der Waals surface area contributed by atoms with Gasteiger partial charge in [0.2, 0.25) is 0 Å². The van der Waals surface area contributed by atoms with E-state index in [4.69, 9.17) is 0 Å². The largest absolute Gasteiger partial charge is 0.416 e. The average Bonchev–Trinajstić information content (AvgIpc) is 2.65. The van der Waals surface area contributed by atoms with Gasteiger partial charge in [-0.15, -0.1) is 0 Å². The summed E-state index contributed by atoms with van der Waals surface area (Å²) in [6.07, 6.45) is -4.37. The highest BCUT2D eigenvalue weighted by Crippen LogP contribution is 2.31. The molecule has 0 fully saturated rings. The fourth-order valence-corrected chi connectivity index (χ4v) is 2.64. The minimum Gasteiger partial charge on any atom is -0.368 e. The van der Waals surface area contributed by atoms with Gasteiger partial charge in [0, 0.05) is 19.2 Å². The summed E-state index contributed by atoms with van der Waals surface area (Å²) >= 11 is 0. The van der Waals surface area contributed by atoms with Crippen LogP contribution in [0.1, 0.15) is 22.4 Å². The van der Waals surface area contributed by atoms with E-state index in [0.717, 1.165) is 29.2 Å². The summed E-state index contributed by atoms with van der Waals surface area (Å²) in [6.45, 7) is 2.95. The van der Waals surface area contributed by atoms with E-state index in [2.05, 4.69) is 15.4 Å². The number of anilines is 1. The molecule has 22 heavy (non-hydrogen) atoms. The van der Waals surface area contributed by atoms with Crippen LogP contribution in [0.15, 0.2) is 29.3 Å². The van der Waals surface area contributed by atoms with Crippen molar-refractivity contribution in [3.63, 3.8) is 0 Å². The molecule has 0 saturated carbocycles. The van der Waals surface area contributed by atoms with Crippen LogP contribution >= 0.6 is 0 Å². The fourth-order valence-electron chi connectivity index (χ4n) is 2.64. The molecular formula is C15H15F3N4. The van der Waals surface area contributed by atoms with Crippen molar-refractivity contribution >= 4 is 11.5 Å². The van der Waals surface area contributed by atoms with Crippen molar-refractivity contribution in [3.05, 3.63) is 46.6 Å². The van der Waals surface area contributed by atoms with E-state index in [1.165, 1.54) is 6.07 Å². The summed E-state index contributed by atoms with van der Waals surface area (Å²) in [5, 5.41) is 7.55. The summed E-state index contributed by atoms with van der Waals surface area (Å²) in [5.74, 6) is 0.783. The number of rotatable bonds is 1. The van der Waals surface area contributed by atoms with Crippen molar-refractivity contribution in [1.29, 1.82) is 0 Å². The first-order valence-corrected chi connectivity index (χ1v) is 6.88. The van der Waals surface area contributed by atoms with Gasteiger partial charge in [0.05, 0.1) is 29.1 Å². The van der Waals surface area contributed by atoms with E-state index in [1.54, 1.807) is 17.8 Å². The van der Waals surface area contributed by atoms with Crippen LogP contribution in [-0.2, 0) is 13.2 Å². The van der Waals surface area contributed by atoms with Gasteiger partial charge < -0.3 is 5.32 Å². The summed E-state index contributed by atoms with van der Waals surface area (Å²) < 4.78 is 40.5. The molecule has 7 heteroatoms. The maximum atomic E-state index is 12.9. The number of nitrogens with one attached hydrogen (secondary N) is 1. The number of hydrogen-bond acceptors (Lipinski definition) is 3. The third-order valence-corrected chi connectivity index (χ3v) is 3.60. The number of alkyl halides is 3. The molecule has 0 unspecified atom stereocenters. The number of nitrogens with zero attached hydrogens (tertiary/aromatic N) is 3.